The number of ketones is 1. The van der Waals surface area contributed by atoms with Gasteiger partial charge in [-0.15, -0.1) is 0 Å². The number of Topliss-reactive ketones (excluding diaryl/α,β-unsaturated/α-hetero) is 1. The Bertz CT molecular complexity index is 1280. The van der Waals surface area contributed by atoms with Gasteiger partial charge in [-0.2, -0.15) is 10.1 Å². The van der Waals surface area contributed by atoms with Crippen LogP contribution in [0.15, 0.2) is 54.7 Å². The number of carbonyl (C=O) groups excluding carboxylic acids is 1. The predicted molar refractivity (Wildman–Crippen MR) is 125 cm³/mol. The van der Waals surface area contributed by atoms with E-state index in [0.29, 0.717) is 30.5 Å². The van der Waals surface area contributed by atoms with Gasteiger partial charge in [0.15, 0.2) is 5.78 Å². The third-order valence-electron chi connectivity index (χ3n) is 5.62. The van der Waals surface area contributed by atoms with Gasteiger partial charge in [0.05, 0.1) is 30.6 Å². The Hall–Kier alpha value is -3.78. The second-order valence-corrected chi connectivity index (χ2v) is 7.84. The molecule has 8 heteroatoms. The van der Waals surface area contributed by atoms with Crippen LogP contribution in [0.1, 0.15) is 17.3 Å². The molecular formula is C24H24N6O2. The van der Waals surface area contributed by atoms with E-state index in [1.54, 1.807) is 6.92 Å². The minimum absolute atomic E-state index is 0.0426. The van der Waals surface area contributed by atoms with Crippen molar-refractivity contribution in [3.63, 3.8) is 0 Å². The summed E-state index contributed by atoms with van der Waals surface area (Å²) >= 11 is 0. The summed E-state index contributed by atoms with van der Waals surface area (Å²) in [7, 11) is 1.93. The van der Waals surface area contributed by atoms with Gasteiger partial charge in [-0.25, -0.2) is 4.98 Å². The molecule has 4 aromatic rings. The normalized spacial score (nSPS) is 14.0. The summed E-state index contributed by atoms with van der Waals surface area (Å²) in [5, 5.41) is 8.79. The number of ether oxygens (including phenoxy) is 1. The van der Waals surface area contributed by atoms with Gasteiger partial charge >= 0.3 is 0 Å². The maximum Gasteiger partial charge on any atom is 0.228 e. The van der Waals surface area contributed by atoms with Crippen LogP contribution in [0.3, 0.4) is 0 Å². The first-order chi connectivity index (χ1) is 15.6. The number of anilines is 3. The third-order valence-corrected chi connectivity index (χ3v) is 5.62. The summed E-state index contributed by atoms with van der Waals surface area (Å²) in [5.74, 6) is 1.40. The lowest BCUT2D eigenvalue weighted by atomic mass is 10.1. The average molecular weight is 428 g/mol. The fourth-order valence-electron chi connectivity index (χ4n) is 3.79. The molecule has 1 N–H and O–H groups in total. The van der Waals surface area contributed by atoms with Gasteiger partial charge in [-0.1, -0.05) is 12.1 Å². The van der Waals surface area contributed by atoms with Crippen molar-refractivity contribution in [3.05, 3.63) is 60.3 Å². The number of carbonyl (C=O) groups is 1. The summed E-state index contributed by atoms with van der Waals surface area (Å²) in [6, 6.07) is 15.5. The Labute approximate surface area is 185 Å². The van der Waals surface area contributed by atoms with Crippen molar-refractivity contribution >= 4 is 34.1 Å². The van der Waals surface area contributed by atoms with Gasteiger partial charge in [0.1, 0.15) is 5.82 Å². The molecule has 8 nitrogen and oxygen atoms in total. The standard InChI is InChI=1S/C24H24N6O2/c1-16(31)17-5-7-20(8-6-17)26-23-14-21(27-24(28-23)30-9-11-32-12-10-30)18-3-4-19-15-25-29(2)22(19)13-18/h3-8,13-15H,9-12H2,1-2H3,(H,26,27,28). The van der Waals surface area contributed by atoms with Crippen LogP contribution >= 0.6 is 0 Å². The van der Waals surface area contributed by atoms with Crippen LogP contribution in [0, 0.1) is 0 Å². The summed E-state index contributed by atoms with van der Waals surface area (Å²) in [4.78, 5) is 23.4. The van der Waals surface area contributed by atoms with Crippen LogP contribution in [0.5, 0.6) is 0 Å². The molecule has 0 saturated carbocycles. The first-order valence-corrected chi connectivity index (χ1v) is 10.6. The summed E-state index contributed by atoms with van der Waals surface area (Å²) in [5.41, 5.74) is 4.40. The van der Waals surface area contributed by atoms with Gasteiger partial charge in [-0.3, -0.25) is 9.48 Å². The fraction of sp³-hybridized carbons (Fsp3) is 0.250. The van der Waals surface area contributed by atoms with Gasteiger partial charge in [-0.05, 0) is 37.3 Å². The first-order valence-electron chi connectivity index (χ1n) is 10.6. The molecule has 2 aromatic carbocycles. The summed E-state index contributed by atoms with van der Waals surface area (Å²) < 4.78 is 7.35. The Balaban J connectivity index is 1.54. The molecule has 0 radical (unpaired) electrons. The average Bonchev–Trinajstić information content (AvgIpc) is 3.20. The number of aryl methyl sites for hydroxylation is 1. The number of benzene rings is 2. The quantitative estimate of drug-likeness (QED) is 0.484. The molecule has 0 atom stereocenters. The van der Waals surface area contributed by atoms with E-state index in [9.17, 15) is 4.79 Å². The van der Waals surface area contributed by atoms with Crippen LogP contribution in [-0.2, 0) is 11.8 Å². The third kappa shape index (κ3) is 4.04. The Morgan fingerprint density at radius 3 is 2.56 bits per heavy atom. The Morgan fingerprint density at radius 2 is 1.81 bits per heavy atom. The maximum atomic E-state index is 11.6. The van der Waals surface area contributed by atoms with Crippen LogP contribution < -0.4 is 10.2 Å². The molecule has 0 amide bonds. The minimum Gasteiger partial charge on any atom is -0.378 e. The molecule has 0 spiro atoms. The van der Waals surface area contributed by atoms with Crippen LogP contribution in [0.25, 0.3) is 22.2 Å². The second kappa shape index (κ2) is 8.39. The maximum absolute atomic E-state index is 11.6. The Kier molecular flexibility index (Phi) is 5.28. The van der Waals surface area contributed by atoms with E-state index in [1.807, 2.05) is 48.3 Å². The molecule has 0 unspecified atom stereocenters. The molecular weight excluding hydrogens is 404 g/mol. The summed E-state index contributed by atoms with van der Waals surface area (Å²) in [6.45, 7) is 4.37. The van der Waals surface area contributed by atoms with Crippen molar-refractivity contribution in [3.8, 4) is 11.3 Å². The molecule has 0 bridgehead atoms. The zero-order valence-corrected chi connectivity index (χ0v) is 18.1. The number of nitrogens with zero attached hydrogens (tertiary/aromatic N) is 5. The molecule has 1 saturated heterocycles. The monoisotopic (exact) mass is 428 g/mol. The number of morpholine rings is 1. The second-order valence-electron chi connectivity index (χ2n) is 7.84. The van der Waals surface area contributed by atoms with Crippen molar-refractivity contribution in [2.45, 2.75) is 6.92 Å². The Morgan fingerprint density at radius 1 is 1.03 bits per heavy atom. The summed E-state index contributed by atoms with van der Waals surface area (Å²) in [6.07, 6.45) is 1.86. The molecule has 1 aliphatic rings. The van der Waals surface area contributed by atoms with Crippen molar-refractivity contribution in [2.24, 2.45) is 7.05 Å². The lowest BCUT2D eigenvalue weighted by Gasteiger charge is -2.27. The largest absolute Gasteiger partial charge is 0.378 e. The molecule has 0 aliphatic carbocycles. The number of rotatable bonds is 5. The van der Waals surface area contributed by atoms with E-state index in [2.05, 4.69) is 33.5 Å². The van der Waals surface area contributed by atoms with Crippen molar-refractivity contribution in [1.82, 2.24) is 19.7 Å². The van der Waals surface area contributed by atoms with E-state index in [0.717, 1.165) is 40.9 Å². The number of hydrogen-bond acceptors (Lipinski definition) is 7. The molecule has 3 heterocycles. The molecule has 1 aliphatic heterocycles. The van der Waals surface area contributed by atoms with Crippen LogP contribution in [0.2, 0.25) is 0 Å². The molecule has 32 heavy (non-hydrogen) atoms. The SMILES string of the molecule is CC(=O)c1ccc(Nc2cc(-c3ccc4cnn(C)c4c3)nc(N3CCOCC3)n2)cc1. The van der Waals surface area contributed by atoms with Crippen LogP contribution in [0.4, 0.5) is 17.5 Å². The molecule has 5 rings (SSSR count). The lowest BCUT2D eigenvalue weighted by Crippen LogP contribution is -2.37. The molecule has 162 valence electrons. The van der Waals surface area contributed by atoms with Crippen molar-refractivity contribution < 1.29 is 9.53 Å². The minimum atomic E-state index is 0.0426. The topological polar surface area (TPSA) is 85.2 Å². The number of aromatic nitrogens is 4. The zero-order valence-electron chi connectivity index (χ0n) is 18.1. The van der Waals surface area contributed by atoms with Gasteiger partial charge in [0.25, 0.3) is 0 Å². The van der Waals surface area contributed by atoms with Crippen molar-refractivity contribution in [1.29, 1.82) is 0 Å². The van der Waals surface area contributed by atoms with E-state index >= 15 is 0 Å². The van der Waals surface area contributed by atoms with Gasteiger partial charge in [0, 0.05) is 48.4 Å². The highest BCUT2D eigenvalue weighted by molar-refractivity contribution is 5.94. The highest BCUT2D eigenvalue weighted by Crippen LogP contribution is 2.28. The highest BCUT2D eigenvalue weighted by Gasteiger charge is 2.17. The van der Waals surface area contributed by atoms with E-state index in [4.69, 9.17) is 14.7 Å². The van der Waals surface area contributed by atoms with E-state index in [-0.39, 0.29) is 5.78 Å². The smallest absolute Gasteiger partial charge is 0.228 e. The fourth-order valence-corrected chi connectivity index (χ4v) is 3.79. The first kappa shape index (κ1) is 20.1. The van der Waals surface area contributed by atoms with Gasteiger partial charge in [0.2, 0.25) is 5.95 Å². The van der Waals surface area contributed by atoms with E-state index in [1.165, 1.54) is 0 Å². The number of fused-ring (bicyclic) bond motifs is 1. The molecule has 1 fully saturated rings. The van der Waals surface area contributed by atoms with E-state index < -0.39 is 0 Å². The zero-order chi connectivity index (χ0) is 22.1. The number of nitrogens with one attached hydrogen (secondary N) is 1. The predicted octanol–water partition coefficient (Wildman–Crippen LogP) is 3.81. The lowest BCUT2D eigenvalue weighted by molar-refractivity contribution is 0.101. The van der Waals surface area contributed by atoms with Crippen molar-refractivity contribution in [2.75, 3.05) is 36.5 Å². The number of hydrogen-bond donors (Lipinski definition) is 1. The van der Waals surface area contributed by atoms with Crippen LogP contribution in [-0.4, -0.2) is 51.8 Å². The van der Waals surface area contributed by atoms with Gasteiger partial charge < -0.3 is 15.0 Å². The highest BCUT2D eigenvalue weighted by atomic mass is 16.5. The molecule has 2 aromatic heterocycles.